The topological polar surface area (TPSA) is 67.6 Å². The van der Waals surface area contributed by atoms with Crippen molar-refractivity contribution in [2.24, 2.45) is 0 Å². The van der Waals surface area contributed by atoms with E-state index in [1.54, 1.807) is 25.3 Å². The van der Waals surface area contributed by atoms with E-state index in [4.69, 9.17) is 10.5 Å². The smallest absolute Gasteiger partial charge is 0.253 e. The van der Waals surface area contributed by atoms with E-state index in [9.17, 15) is 4.79 Å². The Morgan fingerprint density at radius 3 is 3.00 bits per heavy atom. The van der Waals surface area contributed by atoms with Gasteiger partial charge in [0, 0.05) is 30.4 Å². The Morgan fingerprint density at radius 2 is 2.25 bits per heavy atom. The standard InChI is InChI=1S/C15H21N3O2/c1-20-10-4-5-11(12(16)9-10)15(19)17-13-6-8-18-7-2-3-14(13)18/h4-5,9,13-14H,2-3,6-8,16H2,1H3,(H,17,19). The molecule has 1 amide bonds. The molecule has 0 spiro atoms. The second-order valence-corrected chi connectivity index (χ2v) is 5.57. The number of hydrogen-bond donors (Lipinski definition) is 2. The van der Waals surface area contributed by atoms with Gasteiger partial charge in [-0.15, -0.1) is 0 Å². The third-order valence-corrected chi connectivity index (χ3v) is 4.43. The van der Waals surface area contributed by atoms with Gasteiger partial charge in [0.2, 0.25) is 0 Å². The number of hydrogen-bond acceptors (Lipinski definition) is 4. The summed E-state index contributed by atoms with van der Waals surface area (Å²) in [4.78, 5) is 14.8. The molecule has 3 rings (SSSR count). The molecule has 0 radical (unpaired) electrons. The molecule has 2 aliphatic heterocycles. The van der Waals surface area contributed by atoms with E-state index in [-0.39, 0.29) is 11.9 Å². The van der Waals surface area contributed by atoms with Gasteiger partial charge in [-0.1, -0.05) is 0 Å². The van der Waals surface area contributed by atoms with Crippen molar-refractivity contribution >= 4 is 11.6 Å². The van der Waals surface area contributed by atoms with Crippen LogP contribution in [0.1, 0.15) is 29.6 Å². The highest BCUT2D eigenvalue weighted by atomic mass is 16.5. The molecule has 3 N–H and O–H groups in total. The first kappa shape index (κ1) is 13.2. The summed E-state index contributed by atoms with van der Waals surface area (Å²) in [6.45, 7) is 2.26. The maximum Gasteiger partial charge on any atom is 0.253 e. The third-order valence-electron chi connectivity index (χ3n) is 4.43. The number of nitrogen functional groups attached to an aromatic ring is 1. The number of fused-ring (bicyclic) bond motifs is 1. The summed E-state index contributed by atoms with van der Waals surface area (Å²) in [7, 11) is 1.59. The molecule has 0 aromatic heterocycles. The van der Waals surface area contributed by atoms with Crippen LogP contribution in [0.25, 0.3) is 0 Å². The lowest BCUT2D eigenvalue weighted by Gasteiger charge is -2.21. The summed E-state index contributed by atoms with van der Waals surface area (Å²) in [6.07, 6.45) is 3.46. The first-order valence-corrected chi connectivity index (χ1v) is 7.17. The summed E-state index contributed by atoms with van der Waals surface area (Å²) < 4.78 is 5.10. The van der Waals surface area contributed by atoms with Crippen LogP contribution in [0.4, 0.5) is 5.69 Å². The molecule has 108 valence electrons. The van der Waals surface area contributed by atoms with Gasteiger partial charge >= 0.3 is 0 Å². The summed E-state index contributed by atoms with van der Waals surface area (Å²) in [6, 6.07) is 5.95. The first-order valence-electron chi connectivity index (χ1n) is 7.17. The minimum Gasteiger partial charge on any atom is -0.497 e. The van der Waals surface area contributed by atoms with Crippen LogP contribution >= 0.6 is 0 Å². The van der Waals surface area contributed by atoms with E-state index in [0.717, 1.165) is 13.0 Å². The van der Waals surface area contributed by atoms with E-state index in [1.807, 2.05) is 0 Å². The van der Waals surface area contributed by atoms with E-state index in [2.05, 4.69) is 10.2 Å². The number of nitrogens with two attached hydrogens (primary N) is 1. The van der Waals surface area contributed by atoms with Crippen LogP contribution in [0.5, 0.6) is 5.75 Å². The Kier molecular flexibility index (Phi) is 3.53. The van der Waals surface area contributed by atoms with Crippen molar-refractivity contribution in [1.29, 1.82) is 0 Å². The molecule has 0 saturated carbocycles. The predicted octanol–water partition coefficient (Wildman–Crippen LogP) is 1.24. The highest BCUT2D eigenvalue weighted by Crippen LogP contribution is 2.28. The molecular weight excluding hydrogens is 254 g/mol. The lowest BCUT2D eigenvalue weighted by molar-refractivity contribution is 0.0930. The molecule has 5 heteroatoms. The number of anilines is 1. The number of carbonyl (C=O) groups is 1. The van der Waals surface area contributed by atoms with Crippen molar-refractivity contribution in [2.75, 3.05) is 25.9 Å². The normalized spacial score (nSPS) is 25.4. The van der Waals surface area contributed by atoms with Crippen molar-refractivity contribution < 1.29 is 9.53 Å². The van der Waals surface area contributed by atoms with Gasteiger partial charge in [0.15, 0.2) is 0 Å². The Balaban J connectivity index is 1.70. The minimum atomic E-state index is -0.0797. The van der Waals surface area contributed by atoms with E-state index >= 15 is 0 Å². The van der Waals surface area contributed by atoms with Crippen LogP contribution in [0.2, 0.25) is 0 Å². The number of amides is 1. The highest BCUT2D eigenvalue weighted by molar-refractivity contribution is 5.99. The van der Waals surface area contributed by atoms with Gasteiger partial charge in [-0.05, 0) is 37.9 Å². The molecule has 2 aliphatic rings. The van der Waals surface area contributed by atoms with Gasteiger partial charge < -0.3 is 15.8 Å². The van der Waals surface area contributed by atoms with E-state index < -0.39 is 0 Å². The van der Waals surface area contributed by atoms with Crippen LogP contribution in [0.15, 0.2) is 18.2 Å². The van der Waals surface area contributed by atoms with Crippen molar-refractivity contribution in [2.45, 2.75) is 31.3 Å². The molecule has 0 bridgehead atoms. The number of methoxy groups -OCH3 is 1. The van der Waals surface area contributed by atoms with Gasteiger partial charge in [0.05, 0.1) is 12.7 Å². The van der Waals surface area contributed by atoms with E-state index in [1.165, 1.54) is 19.4 Å². The summed E-state index contributed by atoms with van der Waals surface area (Å²) in [5.41, 5.74) is 6.92. The number of carbonyl (C=O) groups excluding carboxylic acids is 1. The highest BCUT2D eigenvalue weighted by Gasteiger charge is 2.37. The zero-order chi connectivity index (χ0) is 14.1. The van der Waals surface area contributed by atoms with Gasteiger partial charge in [0.25, 0.3) is 5.91 Å². The maximum absolute atomic E-state index is 12.4. The molecule has 2 heterocycles. The maximum atomic E-state index is 12.4. The quantitative estimate of drug-likeness (QED) is 0.815. The Bertz CT molecular complexity index is 518. The lowest BCUT2D eigenvalue weighted by Crippen LogP contribution is -2.42. The average Bonchev–Trinajstić information content (AvgIpc) is 3.03. The molecule has 2 atom stereocenters. The largest absolute Gasteiger partial charge is 0.497 e. The fourth-order valence-electron chi connectivity index (χ4n) is 3.37. The molecule has 2 unspecified atom stereocenters. The van der Waals surface area contributed by atoms with Crippen LogP contribution < -0.4 is 15.8 Å². The van der Waals surface area contributed by atoms with Crippen LogP contribution in [-0.4, -0.2) is 43.1 Å². The average molecular weight is 275 g/mol. The molecule has 20 heavy (non-hydrogen) atoms. The van der Waals surface area contributed by atoms with Crippen molar-refractivity contribution in [1.82, 2.24) is 10.2 Å². The number of benzene rings is 1. The van der Waals surface area contributed by atoms with E-state index in [0.29, 0.717) is 23.0 Å². The predicted molar refractivity (Wildman–Crippen MR) is 77.9 cm³/mol. The monoisotopic (exact) mass is 275 g/mol. The number of nitrogens with zero attached hydrogens (tertiary/aromatic N) is 1. The molecular formula is C15H21N3O2. The first-order chi connectivity index (χ1) is 9.69. The van der Waals surface area contributed by atoms with Gasteiger partial charge in [-0.2, -0.15) is 0 Å². The number of rotatable bonds is 3. The Morgan fingerprint density at radius 1 is 1.40 bits per heavy atom. The van der Waals surface area contributed by atoms with Gasteiger partial charge in [-0.25, -0.2) is 0 Å². The second kappa shape index (κ2) is 5.32. The molecule has 1 aromatic carbocycles. The van der Waals surface area contributed by atoms with Crippen LogP contribution in [0, 0.1) is 0 Å². The zero-order valence-corrected chi connectivity index (χ0v) is 11.8. The Hall–Kier alpha value is -1.75. The Labute approximate surface area is 119 Å². The molecule has 1 aromatic rings. The summed E-state index contributed by atoms with van der Waals surface area (Å²) >= 11 is 0. The molecule has 0 aliphatic carbocycles. The van der Waals surface area contributed by atoms with Gasteiger partial charge in [0.1, 0.15) is 5.75 Å². The minimum absolute atomic E-state index is 0.0797. The molecule has 2 fully saturated rings. The lowest BCUT2D eigenvalue weighted by atomic mass is 10.1. The van der Waals surface area contributed by atoms with Crippen molar-refractivity contribution in [3.05, 3.63) is 23.8 Å². The third kappa shape index (κ3) is 2.33. The molecule has 2 saturated heterocycles. The van der Waals surface area contributed by atoms with Crippen molar-refractivity contribution in [3.63, 3.8) is 0 Å². The number of nitrogens with one attached hydrogen (secondary N) is 1. The fourth-order valence-corrected chi connectivity index (χ4v) is 3.37. The van der Waals surface area contributed by atoms with Crippen LogP contribution in [-0.2, 0) is 0 Å². The SMILES string of the molecule is COc1ccc(C(=O)NC2CCN3CCCC23)c(N)c1. The zero-order valence-electron chi connectivity index (χ0n) is 11.8. The van der Waals surface area contributed by atoms with Gasteiger partial charge in [-0.3, -0.25) is 9.69 Å². The fraction of sp³-hybridized carbons (Fsp3) is 0.533. The van der Waals surface area contributed by atoms with Crippen LogP contribution in [0.3, 0.4) is 0 Å². The van der Waals surface area contributed by atoms with Crippen molar-refractivity contribution in [3.8, 4) is 5.75 Å². The second-order valence-electron chi connectivity index (χ2n) is 5.57. The molecule has 5 nitrogen and oxygen atoms in total. The summed E-state index contributed by atoms with van der Waals surface area (Å²) in [5, 5.41) is 3.14. The number of ether oxygens (including phenoxy) is 1. The summed E-state index contributed by atoms with van der Waals surface area (Å²) in [5.74, 6) is 0.589.